The highest BCUT2D eigenvalue weighted by atomic mass is 35.5. The highest BCUT2D eigenvalue weighted by molar-refractivity contribution is 8.00. The van der Waals surface area contributed by atoms with Gasteiger partial charge >= 0.3 is 5.97 Å². The van der Waals surface area contributed by atoms with E-state index in [9.17, 15) is 19.5 Å². The first-order chi connectivity index (χ1) is 18.7. The van der Waals surface area contributed by atoms with Crippen LogP contribution in [0.4, 0.5) is 0 Å². The molecule has 7 nitrogen and oxygen atoms in total. The molecule has 3 N–H and O–H groups in total. The number of aliphatic hydroxyl groups excluding tert-OH is 1. The molecule has 0 aromatic carbocycles. The van der Waals surface area contributed by atoms with Crippen LogP contribution in [0.2, 0.25) is 0 Å². The summed E-state index contributed by atoms with van der Waals surface area (Å²) >= 11 is 1.55. The number of ether oxygens (including phenoxy) is 1. The standard InChI is InChI=1S/C32H52N2O5S.ClH/c1-8-30(6)16-24(31(7)20(4)11-13-32(21(5)28(30)37)14-12-23(35)27(31)32)39-25(36)18-40-22-10-9-15-34(17-22)29(38)26(33)19(2)3;/h8,19-22,24,26-28,37H,1,9-18,33H2,2-7H3;1H/t20-,21+,22?,24-,26-,27+,28+,30-,31+,32+;/m1./s1. The van der Waals surface area contributed by atoms with Crippen molar-refractivity contribution in [2.75, 3.05) is 18.8 Å². The summed E-state index contributed by atoms with van der Waals surface area (Å²) in [6, 6.07) is -0.506. The van der Waals surface area contributed by atoms with Gasteiger partial charge in [-0.3, -0.25) is 14.4 Å². The fourth-order valence-corrected chi connectivity index (χ4v) is 9.71. The maximum atomic E-state index is 13.6. The molecule has 3 aliphatic carbocycles. The van der Waals surface area contributed by atoms with Crippen molar-refractivity contribution in [1.29, 1.82) is 0 Å². The monoisotopic (exact) mass is 612 g/mol. The Balaban J connectivity index is 0.00000462. The quantitative estimate of drug-likeness (QED) is 0.307. The van der Waals surface area contributed by atoms with Crippen molar-refractivity contribution in [3.05, 3.63) is 12.7 Å². The zero-order chi connectivity index (χ0) is 29.6. The van der Waals surface area contributed by atoms with Crippen LogP contribution in [0.5, 0.6) is 0 Å². The van der Waals surface area contributed by atoms with E-state index < -0.39 is 29.1 Å². The Morgan fingerprint density at radius 1 is 1.24 bits per heavy atom. The summed E-state index contributed by atoms with van der Waals surface area (Å²) in [7, 11) is 0. The number of rotatable bonds is 7. The minimum absolute atomic E-state index is 0. The molecular formula is C32H53ClN2O5S. The summed E-state index contributed by atoms with van der Waals surface area (Å²) in [6.45, 7) is 17.8. The van der Waals surface area contributed by atoms with Gasteiger partial charge in [-0.05, 0) is 61.7 Å². The fourth-order valence-electron chi connectivity index (χ4n) is 8.65. The number of esters is 1. The summed E-state index contributed by atoms with van der Waals surface area (Å²) < 4.78 is 6.38. The second kappa shape index (κ2) is 12.9. The minimum atomic E-state index is -0.671. The molecule has 0 aromatic heterocycles. The lowest BCUT2D eigenvalue weighted by Gasteiger charge is -2.61. The van der Waals surface area contributed by atoms with Crippen LogP contribution in [0.1, 0.15) is 86.5 Å². The van der Waals surface area contributed by atoms with E-state index in [2.05, 4.69) is 27.4 Å². The Morgan fingerprint density at radius 3 is 2.56 bits per heavy atom. The summed E-state index contributed by atoms with van der Waals surface area (Å²) in [5.41, 5.74) is 4.70. The molecular weight excluding hydrogens is 560 g/mol. The van der Waals surface area contributed by atoms with E-state index >= 15 is 0 Å². The molecule has 0 spiro atoms. The molecule has 10 atom stereocenters. The smallest absolute Gasteiger partial charge is 0.316 e. The van der Waals surface area contributed by atoms with E-state index in [-0.39, 0.29) is 70.2 Å². The molecule has 0 aromatic rings. The Bertz CT molecular complexity index is 1010. The van der Waals surface area contributed by atoms with Gasteiger partial charge in [0.15, 0.2) is 0 Å². The normalized spacial score (nSPS) is 41.5. The topological polar surface area (TPSA) is 110 Å². The third-order valence-corrected chi connectivity index (χ3v) is 13.0. The first kappa shape index (κ1) is 34.4. The van der Waals surface area contributed by atoms with Gasteiger partial charge in [0.2, 0.25) is 5.91 Å². The Kier molecular flexibility index (Phi) is 10.8. The number of hydrogen-bond donors (Lipinski definition) is 2. The van der Waals surface area contributed by atoms with Gasteiger partial charge in [0.1, 0.15) is 11.9 Å². The lowest BCUT2D eigenvalue weighted by Crippen LogP contribution is -2.63. The van der Waals surface area contributed by atoms with Crippen molar-refractivity contribution in [1.82, 2.24) is 4.90 Å². The number of nitrogens with two attached hydrogens (primary N) is 1. The average Bonchev–Trinajstić information content (AvgIpc) is 3.29. The minimum Gasteiger partial charge on any atom is -0.461 e. The summed E-state index contributed by atoms with van der Waals surface area (Å²) in [6.07, 6.45) is 6.12. The van der Waals surface area contributed by atoms with E-state index in [1.165, 1.54) is 0 Å². The first-order valence-corrected chi connectivity index (χ1v) is 16.5. The van der Waals surface area contributed by atoms with Gasteiger partial charge in [-0.15, -0.1) is 30.7 Å². The van der Waals surface area contributed by atoms with Gasteiger partial charge in [0.25, 0.3) is 0 Å². The summed E-state index contributed by atoms with van der Waals surface area (Å²) in [5, 5.41) is 11.8. The van der Waals surface area contributed by atoms with Gasteiger partial charge in [-0.2, -0.15) is 0 Å². The Morgan fingerprint density at radius 2 is 1.93 bits per heavy atom. The van der Waals surface area contributed by atoms with Crippen LogP contribution < -0.4 is 5.73 Å². The molecule has 9 heteroatoms. The van der Waals surface area contributed by atoms with Crippen molar-refractivity contribution in [3.8, 4) is 0 Å². The van der Waals surface area contributed by atoms with Crippen LogP contribution in [0.25, 0.3) is 0 Å². The number of Topliss-reactive ketones (excluding diaryl/α,β-unsaturated/α-hetero) is 1. The van der Waals surface area contributed by atoms with Crippen molar-refractivity contribution >= 4 is 41.8 Å². The number of nitrogens with zero attached hydrogens (tertiary/aromatic N) is 1. The Hall–Kier alpha value is -1.09. The maximum absolute atomic E-state index is 13.6. The largest absolute Gasteiger partial charge is 0.461 e. The van der Waals surface area contributed by atoms with Crippen LogP contribution in [0.3, 0.4) is 0 Å². The zero-order valence-electron chi connectivity index (χ0n) is 25.9. The van der Waals surface area contributed by atoms with Crippen molar-refractivity contribution in [2.24, 2.45) is 45.7 Å². The molecule has 234 valence electrons. The molecule has 1 heterocycles. The number of carbonyl (C=O) groups is 3. The fraction of sp³-hybridized carbons (Fsp3) is 0.844. The molecule has 2 bridgehead atoms. The Labute approximate surface area is 257 Å². The van der Waals surface area contributed by atoms with Gasteiger partial charge in [0, 0.05) is 41.5 Å². The van der Waals surface area contributed by atoms with E-state index in [0.717, 1.165) is 32.1 Å². The highest BCUT2D eigenvalue weighted by Crippen LogP contribution is 2.68. The van der Waals surface area contributed by atoms with Crippen LogP contribution in [-0.4, -0.2) is 70.0 Å². The van der Waals surface area contributed by atoms with Crippen LogP contribution in [-0.2, 0) is 19.1 Å². The van der Waals surface area contributed by atoms with Gasteiger partial charge in [-0.25, -0.2) is 0 Å². The van der Waals surface area contributed by atoms with Gasteiger partial charge in [-0.1, -0.05) is 47.6 Å². The lowest BCUT2D eigenvalue weighted by molar-refractivity contribution is -0.205. The first-order valence-electron chi connectivity index (χ1n) is 15.4. The number of thioether (sulfide) groups is 1. The molecule has 3 saturated carbocycles. The van der Waals surface area contributed by atoms with Crippen LogP contribution >= 0.6 is 24.2 Å². The van der Waals surface area contributed by atoms with Gasteiger partial charge in [0.05, 0.1) is 17.9 Å². The SMILES string of the molecule is C=C[C@]1(C)C[C@@H](OC(=O)CSC2CCCN(C(=O)[C@H](N)C(C)C)C2)[C@]2(C)[C@H](C)CC[C@]3(CCC(=O)[C@H]32)[C@@H](C)[C@@H]1O.Cl. The van der Waals surface area contributed by atoms with Crippen LogP contribution in [0.15, 0.2) is 12.7 Å². The number of amides is 1. The highest BCUT2D eigenvalue weighted by Gasteiger charge is 2.68. The molecule has 4 fully saturated rings. The van der Waals surface area contributed by atoms with Crippen molar-refractivity contribution in [3.63, 3.8) is 0 Å². The third-order valence-electron chi connectivity index (χ3n) is 11.7. The summed E-state index contributed by atoms with van der Waals surface area (Å²) in [5.74, 6) is 0.158. The van der Waals surface area contributed by atoms with E-state index in [0.29, 0.717) is 25.9 Å². The third kappa shape index (κ3) is 6.01. The molecule has 4 aliphatic rings. The average molecular weight is 613 g/mol. The van der Waals surface area contributed by atoms with Crippen LogP contribution in [0, 0.1) is 39.9 Å². The molecule has 1 unspecified atom stereocenters. The predicted octanol–water partition coefficient (Wildman–Crippen LogP) is 5.02. The zero-order valence-corrected chi connectivity index (χ0v) is 27.5. The second-order valence-corrected chi connectivity index (χ2v) is 15.5. The van der Waals surface area contributed by atoms with Crippen molar-refractivity contribution in [2.45, 2.75) is 110 Å². The van der Waals surface area contributed by atoms with E-state index in [1.54, 1.807) is 11.8 Å². The number of aliphatic hydroxyl groups is 1. The number of halogens is 1. The molecule has 1 saturated heterocycles. The predicted molar refractivity (Wildman–Crippen MR) is 167 cm³/mol. The molecule has 4 rings (SSSR count). The number of likely N-dealkylation sites (tertiary alicyclic amines) is 1. The van der Waals surface area contributed by atoms with E-state index in [1.807, 2.05) is 31.7 Å². The molecule has 1 amide bonds. The second-order valence-electron chi connectivity index (χ2n) is 14.2. The molecule has 1 aliphatic heterocycles. The summed E-state index contributed by atoms with van der Waals surface area (Å²) in [4.78, 5) is 41.7. The number of ketones is 1. The number of piperidine rings is 1. The van der Waals surface area contributed by atoms with Crippen molar-refractivity contribution < 1.29 is 24.2 Å². The van der Waals surface area contributed by atoms with E-state index in [4.69, 9.17) is 10.5 Å². The number of carbonyl (C=O) groups excluding carboxylic acids is 3. The molecule has 41 heavy (non-hydrogen) atoms. The number of hydrogen-bond acceptors (Lipinski definition) is 7. The lowest BCUT2D eigenvalue weighted by atomic mass is 9.44. The molecule has 0 radical (unpaired) electrons. The van der Waals surface area contributed by atoms with Gasteiger partial charge < -0.3 is 20.5 Å². The maximum Gasteiger partial charge on any atom is 0.316 e.